The Labute approximate surface area is 322 Å². The van der Waals surface area contributed by atoms with Gasteiger partial charge in [0.15, 0.2) is 0 Å². The Morgan fingerprint density at radius 3 is 2.33 bits per heavy atom. The Kier molecular flexibility index (Phi) is 9.81. The fourth-order valence-corrected chi connectivity index (χ4v) is 9.75. The van der Waals surface area contributed by atoms with E-state index in [2.05, 4.69) is 70.9 Å². The number of amides is 3. The zero-order chi connectivity index (χ0) is 37.5. The van der Waals surface area contributed by atoms with Crippen molar-refractivity contribution >= 4 is 17.7 Å². The number of ether oxygens (including phenoxy) is 2. The Bertz CT molecular complexity index is 2050. The molecule has 3 amide bonds. The maximum Gasteiger partial charge on any atom is 0.255 e. The molecule has 9 heteroatoms. The standard InChI is InChI=1S/C46H49N3O6/c50-35-9-14-40-32(24-35)8-13-39(30-4-2-1-3-5-30)44(40)31-6-10-36(11-7-31)54-23-20-29-18-21-48(22-19-29)34-26-38(27-34)55-37-12-15-41-33(25-37)28-49(46(41)53)42-16-17-43(51)47-45(42)52/h1-7,9-12,14-15,24-25,29,34,38-39,42,44,50H,8,13,16-23,26-28H2,(H,47,51,52)/t34-,38+,39-,42?,44+/m1/s1. The second-order valence-corrected chi connectivity index (χ2v) is 16.2. The quantitative estimate of drug-likeness (QED) is 0.167. The number of piperidine rings is 2. The number of fused-ring (bicyclic) bond motifs is 2. The molecule has 9 rings (SSSR count). The molecule has 5 aliphatic rings. The molecule has 2 N–H and O–H groups in total. The molecule has 4 aromatic carbocycles. The highest BCUT2D eigenvalue weighted by Gasteiger charge is 2.40. The van der Waals surface area contributed by atoms with Crippen molar-refractivity contribution in [2.45, 2.75) is 94.4 Å². The lowest BCUT2D eigenvalue weighted by molar-refractivity contribution is -0.136. The zero-order valence-electron chi connectivity index (χ0n) is 31.2. The minimum absolute atomic E-state index is 0.161. The molecule has 284 valence electrons. The van der Waals surface area contributed by atoms with Crippen molar-refractivity contribution in [1.82, 2.24) is 15.1 Å². The average Bonchev–Trinajstić information content (AvgIpc) is 3.51. The largest absolute Gasteiger partial charge is 0.508 e. The summed E-state index contributed by atoms with van der Waals surface area (Å²) in [6.07, 6.45) is 8.22. The number of phenolic OH excluding ortho intramolecular Hbond substituents is 1. The lowest BCUT2D eigenvalue weighted by atomic mass is 9.69. The van der Waals surface area contributed by atoms with Gasteiger partial charge in [0.05, 0.1) is 6.61 Å². The first-order valence-corrected chi connectivity index (χ1v) is 20.1. The van der Waals surface area contributed by atoms with E-state index in [0.717, 1.165) is 68.9 Å². The molecule has 3 heterocycles. The van der Waals surface area contributed by atoms with Crippen LogP contribution in [0.3, 0.4) is 0 Å². The van der Waals surface area contributed by atoms with Crippen LogP contribution in [0.25, 0.3) is 0 Å². The second kappa shape index (κ2) is 15.2. The van der Waals surface area contributed by atoms with Crippen LogP contribution in [0, 0.1) is 5.92 Å². The monoisotopic (exact) mass is 739 g/mol. The normalized spacial score (nSPS) is 25.5. The van der Waals surface area contributed by atoms with Gasteiger partial charge in [-0.1, -0.05) is 48.5 Å². The van der Waals surface area contributed by atoms with Gasteiger partial charge in [-0.3, -0.25) is 19.7 Å². The van der Waals surface area contributed by atoms with Gasteiger partial charge in [-0.2, -0.15) is 0 Å². The Hall–Kier alpha value is -5.15. The first-order chi connectivity index (χ1) is 26.9. The van der Waals surface area contributed by atoms with Gasteiger partial charge >= 0.3 is 0 Å². The first-order valence-electron chi connectivity index (χ1n) is 20.1. The Morgan fingerprint density at radius 2 is 1.55 bits per heavy atom. The first kappa shape index (κ1) is 35.5. The molecule has 1 unspecified atom stereocenters. The highest BCUT2D eigenvalue weighted by molar-refractivity contribution is 6.05. The third kappa shape index (κ3) is 7.34. The number of likely N-dealkylation sites (tertiary alicyclic amines) is 1. The van der Waals surface area contributed by atoms with Crippen LogP contribution < -0.4 is 14.8 Å². The van der Waals surface area contributed by atoms with E-state index in [-0.39, 0.29) is 30.3 Å². The van der Waals surface area contributed by atoms with Gasteiger partial charge < -0.3 is 24.4 Å². The van der Waals surface area contributed by atoms with E-state index in [4.69, 9.17) is 9.47 Å². The molecule has 3 aliphatic heterocycles. The van der Waals surface area contributed by atoms with Crippen molar-refractivity contribution in [2.75, 3.05) is 19.7 Å². The second-order valence-electron chi connectivity index (χ2n) is 16.2. The Balaban J connectivity index is 0.721. The van der Waals surface area contributed by atoms with E-state index < -0.39 is 11.9 Å². The van der Waals surface area contributed by atoms with Crippen molar-refractivity contribution < 1.29 is 29.0 Å². The smallest absolute Gasteiger partial charge is 0.255 e. The van der Waals surface area contributed by atoms with Crippen LogP contribution in [-0.2, 0) is 22.6 Å². The van der Waals surface area contributed by atoms with Crippen molar-refractivity contribution in [3.8, 4) is 17.2 Å². The third-order valence-corrected chi connectivity index (χ3v) is 12.9. The third-order valence-electron chi connectivity index (χ3n) is 12.9. The van der Waals surface area contributed by atoms with E-state index in [1.807, 2.05) is 30.3 Å². The number of nitrogens with zero attached hydrogens (tertiary/aromatic N) is 2. The van der Waals surface area contributed by atoms with Crippen molar-refractivity contribution in [3.05, 3.63) is 124 Å². The molecule has 0 spiro atoms. The van der Waals surface area contributed by atoms with E-state index in [0.29, 0.717) is 42.2 Å². The number of benzene rings is 4. The summed E-state index contributed by atoms with van der Waals surface area (Å²) < 4.78 is 12.6. The van der Waals surface area contributed by atoms with Crippen molar-refractivity contribution in [1.29, 1.82) is 0 Å². The Morgan fingerprint density at radius 1 is 0.764 bits per heavy atom. The van der Waals surface area contributed by atoms with Crippen molar-refractivity contribution in [2.24, 2.45) is 5.92 Å². The number of hydrogen-bond acceptors (Lipinski definition) is 7. The van der Waals surface area contributed by atoms with E-state index >= 15 is 0 Å². The minimum atomic E-state index is -0.609. The van der Waals surface area contributed by atoms with Gasteiger partial charge in [0.1, 0.15) is 29.4 Å². The topological polar surface area (TPSA) is 108 Å². The molecule has 1 saturated carbocycles. The number of aryl methyl sites for hydroxylation is 1. The average molecular weight is 740 g/mol. The number of carbonyl (C=O) groups excluding carboxylic acids is 3. The molecule has 9 nitrogen and oxygen atoms in total. The molecule has 0 aromatic heterocycles. The van der Waals surface area contributed by atoms with Crippen molar-refractivity contribution in [3.63, 3.8) is 0 Å². The molecule has 4 aromatic rings. The van der Waals surface area contributed by atoms with Crippen LogP contribution in [0.4, 0.5) is 0 Å². The van der Waals surface area contributed by atoms with Gasteiger partial charge in [-0.25, -0.2) is 0 Å². The molecule has 3 atom stereocenters. The van der Waals surface area contributed by atoms with Gasteiger partial charge in [0.2, 0.25) is 11.8 Å². The molecular formula is C46H49N3O6. The fraction of sp³-hybridized carbons (Fsp3) is 0.413. The number of aromatic hydroxyl groups is 1. The lowest BCUT2D eigenvalue weighted by Gasteiger charge is -2.45. The van der Waals surface area contributed by atoms with Gasteiger partial charge in [-0.15, -0.1) is 0 Å². The number of imide groups is 1. The van der Waals surface area contributed by atoms with Crippen LogP contribution in [0.1, 0.15) is 101 Å². The summed E-state index contributed by atoms with van der Waals surface area (Å²) in [6, 6.07) is 31.0. The number of carbonyl (C=O) groups is 3. The summed E-state index contributed by atoms with van der Waals surface area (Å²) in [4.78, 5) is 41.2. The summed E-state index contributed by atoms with van der Waals surface area (Å²) in [5, 5.41) is 12.5. The number of nitrogens with one attached hydrogen (secondary N) is 1. The van der Waals surface area contributed by atoms with Gasteiger partial charge in [0.25, 0.3) is 5.91 Å². The predicted molar refractivity (Wildman–Crippen MR) is 208 cm³/mol. The van der Waals surface area contributed by atoms with Gasteiger partial charge in [-0.05, 0) is 134 Å². The van der Waals surface area contributed by atoms with E-state index in [9.17, 15) is 19.5 Å². The number of rotatable bonds is 10. The maximum atomic E-state index is 13.0. The molecule has 2 saturated heterocycles. The summed E-state index contributed by atoms with van der Waals surface area (Å²) in [5.41, 5.74) is 6.67. The zero-order valence-corrected chi connectivity index (χ0v) is 31.2. The lowest BCUT2D eigenvalue weighted by Crippen LogP contribution is -2.52. The summed E-state index contributed by atoms with van der Waals surface area (Å²) >= 11 is 0. The van der Waals surface area contributed by atoms with E-state index in [1.165, 1.54) is 35.1 Å². The molecule has 2 aliphatic carbocycles. The van der Waals surface area contributed by atoms with Crippen LogP contribution >= 0.6 is 0 Å². The van der Waals surface area contributed by atoms with Gasteiger partial charge in [0, 0.05) is 43.3 Å². The summed E-state index contributed by atoms with van der Waals surface area (Å²) in [7, 11) is 0. The van der Waals surface area contributed by atoms with Crippen LogP contribution in [-0.4, -0.2) is 70.5 Å². The summed E-state index contributed by atoms with van der Waals surface area (Å²) in [6.45, 7) is 3.30. The molecule has 3 fully saturated rings. The van der Waals surface area contributed by atoms with Crippen LogP contribution in [0.15, 0.2) is 91.0 Å². The predicted octanol–water partition coefficient (Wildman–Crippen LogP) is 7.11. The van der Waals surface area contributed by atoms with Crippen LogP contribution in [0.2, 0.25) is 0 Å². The molecule has 0 bridgehead atoms. The van der Waals surface area contributed by atoms with E-state index in [1.54, 1.807) is 4.90 Å². The molecule has 55 heavy (non-hydrogen) atoms. The van der Waals surface area contributed by atoms with Crippen LogP contribution in [0.5, 0.6) is 17.2 Å². The highest BCUT2D eigenvalue weighted by Crippen LogP contribution is 2.47. The molecule has 0 radical (unpaired) electrons. The fourth-order valence-electron chi connectivity index (χ4n) is 9.75. The summed E-state index contributed by atoms with van der Waals surface area (Å²) in [5.74, 6) is 2.47. The molecular weight excluding hydrogens is 691 g/mol. The number of hydrogen-bond donors (Lipinski definition) is 2. The highest BCUT2D eigenvalue weighted by atomic mass is 16.5. The minimum Gasteiger partial charge on any atom is -0.508 e. The number of phenols is 1. The maximum absolute atomic E-state index is 13.0. The SMILES string of the molecule is O=C1CCC(N2Cc3cc(O[C@H]4C[C@@H](N5CCC(CCOc6ccc([C@@H]7c8ccc(O)cc8CC[C@@H]7c7ccccc7)cc6)CC5)C4)ccc3C2=O)C(=O)N1.